The minimum atomic E-state index is -0.0602. The highest BCUT2D eigenvalue weighted by Gasteiger charge is 2.27. The highest BCUT2D eigenvalue weighted by atomic mass is 16.2. The fourth-order valence-corrected chi connectivity index (χ4v) is 3.43. The molecule has 12 heteroatoms. The summed E-state index contributed by atoms with van der Waals surface area (Å²) in [5, 5.41) is 0. The lowest BCUT2D eigenvalue weighted by Crippen LogP contribution is -2.28. The van der Waals surface area contributed by atoms with Crippen molar-refractivity contribution in [2.75, 3.05) is 27.7 Å². The second-order valence-electron chi connectivity index (χ2n) is 8.73. The number of carbonyl (C=O) groups is 8. The number of rotatable bonds is 1. The normalized spacial score (nSPS) is 16.3. The number of nitrogens with zero attached hydrogens (tertiary/aromatic N) is 4. The molecule has 1 aromatic carbocycles. The highest BCUT2D eigenvalue weighted by Crippen LogP contribution is 2.10. The molecule has 1 aromatic rings. The van der Waals surface area contributed by atoms with Gasteiger partial charge in [-0.1, -0.05) is 72.5 Å². The molecule has 12 nitrogen and oxygen atoms in total. The standard InChI is InChI=1S/C6H9NO2.C6H6.3C5H7NO2.C2H6.3CH4/c1-2-7-5(8)3-4-6(7)9;1-2-4-6-5-3-1;3*1-6-4(7)2-3-5(6)8;1-2;;;/h2-4H2,1H3;1-6H;3*2-3H2,1H3;1-2H3;3*1H4. The molecule has 4 saturated heterocycles. The molecule has 0 unspecified atom stereocenters. The summed E-state index contributed by atoms with van der Waals surface area (Å²) in [7, 11) is 4.53. The molecule has 0 aromatic heterocycles. The summed E-state index contributed by atoms with van der Waals surface area (Å²) in [4.78, 5) is 89.2. The number of imide groups is 4. The van der Waals surface area contributed by atoms with Crippen molar-refractivity contribution in [1.29, 1.82) is 0 Å². The first kappa shape index (κ1) is 46.7. The van der Waals surface area contributed by atoms with Gasteiger partial charge in [0, 0.05) is 79.1 Å². The zero-order valence-corrected chi connectivity index (χ0v) is 24.9. The Hall–Kier alpha value is -4.22. The van der Waals surface area contributed by atoms with Gasteiger partial charge in [0.1, 0.15) is 0 Å². The Morgan fingerprint density at radius 1 is 0.409 bits per heavy atom. The molecule has 0 radical (unpaired) electrons. The Labute approximate surface area is 263 Å². The molecule has 8 amide bonds. The third-order valence-corrected chi connectivity index (χ3v) is 6.04. The molecule has 0 aliphatic carbocycles. The zero-order valence-electron chi connectivity index (χ0n) is 24.9. The molecule has 4 fully saturated rings. The number of hydrogen-bond donors (Lipinski definition) is 0. The molecule has 4 heterocycles. The molecule has 250 valence electrons. The Morgan fingerprint density at radius 3 is 0.659 bits per heavy atom. The average molecular weight is 623 g/mol. The van der Waals surface area contributed by atoms with E-state index >= 15 is 0 Å². The zero-order chi connectivity index (χ0) is 31.5. The van der Waals surface area contributed by atoms with Crippen molar-refractivity contribution in [2.24, 2.45) is 0 Å². The monoisotopic (exact) mass is 622 g/mol. The highest BCUT2D eigenvalue weighted by molar-refractivity contribution is 6.03. The maximum Gasteiger partial charge on any atom is 0.229 e. The van der Waals surface area contributed by atoms with Crippen molar-refractivity contribution in [3.8, 4) is 0 Å². The van der Waals surface area contributed by atoms with Crippen LogP contribution in [0.4, 0.5) is 0 Å². The minimum Gasteiger partial charge on any atom is -0.286 e. The van der Waals surface area contributed by atoms with Gasteiger partial charge in [-0.3, -0.25) is 58.0 Å². The summed E-state index contributed by atoms with van der Waals surface area (Å²) in [6.45, 7) is 6.33. The van der Waals surface area contributed by atoms with E-state index in [0.29, 0.717) is 57.9 Å². The number of likely N-dealkylation sites (tertiary alicyclic amines) is 4. The van der Waals surface area contributed by atoms with Gasteiger partial charge >= 0.3 is 0 Å². The van der Waals surface area contributed by atoms with Crippen molar-refractivity contribution in [2.45, 2.75) is 94.4 Å². The van der Waals surface area contributed by atoms with Gasteiger partial charge in [0.05, 0.1) is 0 Å². The van der Waals surface area contributed by atoms with Gasteiger partial charge in [0.25, 0.3) is 0 Å². The summed E-state index contributed by atoms with van der Waals surface area (Å²) in [6.07, 6.45) is 3.21. The first-order chi connectivity index (χ1) is 19.4. The molecule has 4 aliphatic rings. The third kappa shape index (κ3) is 16.4. The molecule has 0 spiro atoms. The Bertz CT molecular complexity index is 904. The van der Waals surface area contributed by atoms with Crippen LogP contribution in [0.1, 0.15) is 94.4 Å². The first-order valence-corrected chi connectivity index (χ1v) is 13.6. The van der Waals surface area contributed by atoms with Gasteiger partial charge in [-0.05, 0) is 6.92 Å². The number of carbonyl (C=O) groups excluding carboxylic acids is 8. The van der Waals surface area contributed by atoms with Crippen LogP contribution >= 0.6 is 0 Å². The maximum absolute atomic E-state index is 10.7. The van der Waals surface area contributed by atoms with Gasteiger partial charge in [-0.25, -0.2) is 0 Å². The topological polar surface area (TPSA) is 150 Å². The van der Waals surface area contributed by atoms with Crippen molar-refractivity contribution in [3.63, 3.8) is 0 Å². The molecule has 0 atom stereocenters. The smallest absolute Gasteiger partial charge is 0.229 e. The quantitative estimate of drug-likeness (QED) is 0.426. The minimum absolute atomic E-state index is 0. The Kier molecular flexibility index (Phi) is 26.9. The lowest BCUT2D eigenvalue weighted by molar-refractivity contribution is -0.139. The molecule has 44 heavy (non-hydrogen) atoms. The fourth-order valence-electron chi connectivity index (χ4n) is 3.43. The number of benzene rings is 1. The van der Waals surface area contributed by atoms with E-state index in [2.05, 4.69) is 0 Å². The SMILES string of the molecule is C.C.C.CC.CCN1C(=O)CCC1=O.CN1C(=O)CCC1=O.CN1C(=O)CCC1=O.CN1C(=O)CCC1=O.c1ccccc1. The van der Waals surface area contributed by atoms with E-state index in [1.807, 2.05) is 50.2 Å². The lowest BCUT2D eigenvalue weighted by atomic mass is 10.4. The maximum atomic E-state index is 10.7. The second kappa shape index (κ2) is 25.3. The van der Waals surface area contributed by atoms with Crippen molar-refractivity contribution < 1.29 is 38.4 Å². The lowest BCUT2D eigenvalue weighted by Gasteiger charge is -2.08. The van der Waals surface area contributed by atoms with Gasteiger partial charge in [0.2, 0.25) is 47.3 Å². The van der Waals surface area contributed by atoms with Crippen LogP contribution in [0.5, 0.6) is 0 Å². The second-order valence-corrected chi connectivity index (χ2v) is 8.73. The van der Waals surface area contributed by atoms with Crippen LogP contribution in [0.3, 0.4) is 0 Å². The van der Waals surface area contributed by atoms with Crippen LogP contribution in [0.25, 0.3) is 0 Å². The summed E-state index contributed by atoms with van der Waals surface area (Å²) >= 11 is 0. The van der Waals surface area contributed by atoms with Gasteiger partial charge in [-0.15, -0.1) is 0 Å². The van der Waals surface area contributed by atoms with Gasteiger partial charge in [0.15, 0.2) is 0 Å². The van der Waals surface area contributed by atoms with Crippen LogP contribution in [0, 0.1) is 0 Å². The predicted octanol–water partition coefficient (Wildman–Crippen LogP) is 4.07. The largest absolute Gasteiger partial charge is 0.286 e. The molecular formula is C32H54N4O8. The van der Waals surface area contributed by atoms with E-state index in [1.165, 1.54) is 40.7 Å². The van der Waals surface area contributed by atoms with Crippen LogP contribution in [-0.2, 0) is 38.4 Å². The molecule has 0 N–H and O–H groups in total. The first-order valence-electron chi connectivity index (χ1n) is 13.6. The van der Waals surface area contributed by atoms with Crippen molar-refractivity contribution in [3.05, 3.63) is 36.4 Å². The molecule has 4 aliphatic heterocycles. The van der Waals surface area contributed by atoms with E-state index in [-0.39, 0.29) is 69.5 Å². The number of hydrogen-bond acceptors (Lipinski definition) is 8. The van der Waals surface area contributed by atoms with E-state index in [0.717, 1.165) is 0 Å². The average Bonchev–Trinajstić information content (AvgIpc) is 3.68. The number of amides is 8. The molecule has 5 rings (SSSR count). The van der Waals surface area contributed by atoms with E-state index in [4.69, 9.17) is 0 Å². The van der Waals surface area contributed by atoms with E-state index in [1.54, 1.807) is 6.92 Å². The van der Waals surface area contributed by atoms with Crippen LogP contribution in [0.2, 0.25) is 0 Å². The van der Waals surface area contributed by atoms with Crippen molar-refractivity contribution in [1.82, 2.24) is 19.6 Å². The third-order valence-electron chi connectivity index (χ3n) is 6.04. The molecular weight excluding hydrogens is 568 g/mol. The van der Waals surface area contributed by atoms with Gasteiger partial charge in [-0.2, -0.15) is 0 Å². The van der Waals surface area contributed by atoms with E-state index < -0.39 is 0 Å². The summed E-state index contributed by atoms with van der Waals surface area (Å²) in [5.74, 6) is -0.412. The Balaban J connectivity index is -0.000000221. The summed E-state index contributed by atoms with van der Waals surface area (Å²) < 4.78 is 0. The molecule has 0 bridgehead atoms. The predicted molar refractivity (Wildman–Crippen MR) is 171 cm³/mol. The van der Waals surface area contributed by atoms with Gasteiger partial charge < -0.3 is 0 Å². The van der Waals surface area contributed by atoms with E-state index in [9.17, 15) is 38.4 Å². The van der Waals surface area contributed by atoms with Crippen LogP contribution in [-0.4, -0.2) is 94.5 Å². The summed E-state index contributed by atoms with van der Waals surface area (Å²) in [6, 6.07) is 12.0. The molecule has 0 saturated carbocycles. The fraction of sp³-hybridized carbons (Fsp3) is 0.562. The van der Waals surface area contributed by atoms with Crippen LogP contribution in [0.15, 0.2) is 36.4 Å². The van der Waals surface area contributed by atoms with Crippen LogP contribution < -0.4 is 0 Å². The summed E-state index contributed by atoms with van der Waals surface area (Å²) in [5.41, 5.74) is 0. The van der Waals surface area contributed by atoms with Crippen molar-refractivity contribution >= 4 is 47.3 Å². The Morgan fingerprint density at radius 2 is 0.568 bits per heavy atom.